The van der Waals surface area contributed by atoms with Gasteiger partial charge in [-0.05, 0) is 54.0 Å². The lowest BCUT2D eigenvalue weighted by Gasteiger charge is -2.08. The fourth-order valence-electron chi connectivity index (χ4n) is 1.64. The molecule has 20 heavy (non-hydrogen) atoms. The van der Waals surface area contributed by atoms with Crippen molar-refractivity contribution in [2.45, 2.75) is 20.4 Å². The van der Waals surface area contributed by atoms with Gasteiger partial charge in [-0.1, -0.05) is 6.07 Å². The molecule has 5 nitrogen and oxygen atoms in total. The van der Waals surface area contributed by atoms with Crippen LogP contribution in [0.15, 0.2) is 34.8 Å². The van der Waals surface area contributed by atoms with Gasteiger partial charge in [0.1, 0.15) is 5.82 Å². The summed E-state index contributed by atoms with van der Waals surface area (Å²) in [6, 6.07) is 8.98. The summed E-state index contributed by atoms with van der Waals surface area (Å²) in [7, 11) is 0. The maximum Gasteiger partial charge on any atom is 0.320 e. The standard InChI is InChI=1S/C14H15BrN4O/c1-9-4-3-5-11(17-9)8-16-14(20)19-13-7-6-12(15)10(2)18-13/h3-7H,8H2,1-2H3,(H2,16,18,19,20). The van der Waals surface area contributed by atoms with E-state index in [1.165, 1.54) is 0 Å². The lowest BCUT2D eigenvalue weighted by atomic mass is 10.3. The number of anilines is 1. The first-order chi connectivity index (χ1) is 9.54. The molecular weight excluding hydrogens is 320 g/mol. The van der Waals surface area contributed by atoms with Gasteiger partial charge in [0.2, 0.25) is 0 Å². The summed E-state index contributed by atoms with van der Waals surface area (Å²) in [5.41, 5.74) is 2.57. The van der Waals surface area contributed by atoms with Gasteiger partial charge in [0.15, 0.2) is 0 Å². The number of hydrogen-bond acceptors (Lipinski definition) is 3. The molecule has 0 spiro atoms. The van der Waals surface area contributed by atoms with Crippen molar-refractivity contribution < 1.29 is 4.79 Å². The largest absolute Gasteiger partial charge is 0.332 e. The molecule has 0 fully saturated rings. The van der Waals surface area contributed by atoms with Crippen LogP contribution in [0.4, 0.5) is 10.6 Å². The highest BCUT2D eigenvalue weighted by Gasteiger charge is 2.05. The summed E-state index contributed by atoms with van der Waals surface area (Å²) < 4.78 is 0.910. The summed E-state index contributed by atoms with van der Waals surface area (Å²) in [6.07, 6.45) is 0. The van der Waals surface area contributed by atoms with Crippen LogP contribution in [0.1, 0.15) is 17.1 Å². The van der Waals surface area contributed by atoms with Gasteiger partial charge < -0.3 is 5.32 Å². The molecule has 0 atom stereocenters. The minimum absolute atomic E-state index is 0.303. The number of nitrogens with zero attached hydrogens (tertiary/aromatic N) is 2. The molecule has 2 aromatic rings. The summed E-state index contributed by atoms with van der Waals surface area (Å²) in [6.45, 7) is 4.16. The third-order valence-electron chi connectivity index (χ3n) is 2.64. The highest BCUT2D eigenvalue weighted by atomic mass is 79.9. The van der Waals surface area contributed by atoms with Gasteiger partial charge in [0.25, 0.3) is 0 Å². The maximum atomic E-state index is 11.8. The minimum atomic E-state index is -0.303. The molecule has 0 bridgehead atoms. The molecule has 0 aliphatic rings. The van der Waals surface area contributed by atoms with Gasteiger partial charge in [-0.2, -0.15) is 0 Å². The molecule has 0 saturated carbocycles. The molecule has 2 heterocycles. The lowest BCUT2D eigenvalue weighted by Crippen LogP contribution is -2.29. The van der Waals surface area contributed by atoms with Crippen molar-refractivity contribution in [2.24, 2.45) is 0 Å². The smallest absolute Gasteiger partial charge is 0.320 e. The van der Waals surface area contributed by atoms with Crippen LogP contribution < -0.4 is 10.6 Å². The van der Waals surface area contributed by atoms with Crippen molar-refractivity contribution in [3.63, 3.8) is 0 Å². The maximum absolute atomic E-state index is 11.8. The lowest BCUT2D eigenvalue weighted by molar-refractivity contribution is 0.251. The predicted octanol–water partition coefficient (Wildman–Crippen LogP) is 3.18. The van der Waals surface area contributed by atoms with E-state index in [1.807, 2.05) is 38.1 Å². The fourth-order valence-corrected chi connectivity index (χ4v) is 1.86. The second-order valence-corrected chi connectivity index (χ2v) is 5.20. The van der Waals surface area contributed by atoms with Gasteiger partial charge in [-0.25, -0.2) is 9.78 Å². The van der Waals surface area contributed by atoms with E-state index in [4.69, 9.17) is 0 Å². The number of hydrogen-bond donors (Lipinski definition) is 2. The number of carbonyl (C=O) groups excluding carboxylic acids is 1. The first kappa shape index (κ1) is 14.5. The Hall–Kier alpha value is -1.95. The van der Waals surface area contributed by atoms with Crippen molar-refractivity contribution in [1.29, 1.82) is 0 Å². The zero-order chi connectivity index (χ0) is 14.5. The Morgan fingerprint density at radius 2 is 2.00 bits per heavy atom. The zero-order valence-electron chi connectivity index (χ0n) is 11.3. The molecule has 2 aromatic heterocycles. The van der Waals surface area contributed by atoms with E-state index in [0.717, 1.165) is 21.6 Å². The number of aryl methyl sites for hydroxylation is 2. The van der Waals surface area contributed by atoms with E-state index in [2.05, 4.69) is 36.5 Å². The third kappa shape index (κ3) is 4.03. The summed E-state index contributed by atoms with van der Waals surface area (Å²) in [4.78, 5) is 20.3. The summed E-state index contributed by atoms with van der Waals surface area (Å²) in [5.74, 6) is 0.514. The van der Waals surface area contributed by atoms with Crippen LogP contribution in [-0.4, -0.2) is 16.0 Å². The Bertz CT molecular complexity index is 630. The number of amides is 2. The van der Waals surface area contributed by atoms with Crippen LogP contribution in [0, 0.1) is 13.8 Å². The molecule has 0 radical (unpaired) electrons. The molecule has 2 rings (SSSR count). The van der Waals surface area contributed by atoms with Gasteiger partial charge in [0, 0.05) is 10.2 Å². The van der Waals surface area contributed by atoms with Crippen LogP contribution in [-0.2, 0) is 6.54 Å². The topological polar surface area (TPSA) is 66.9 Å². The molecule has 0 aromatic carbocycles. The normalized spacial score (nSPS) is 10.2. The highest BCUT2D eigenvalue weighted by molar-refractivity contribution is 9.10. The molecule has 104 valence electrons. The van der Waals surface area contributed by atoms with Gasteiger partial charge in [-0.15, -0.1) is 0 Å². The highest BCUT2D eigenvalue weighted by Crippen LogP contribution is 2.15. The molecule has 2 amide bonds. The van der Waals surface area contributed by atoms with Gasteiger partial charge in [-0.3, -0.25) is 10.3 Å². The average molecular weight is 335 g/mol. The van der Waals surface area contributed by atoms with Crippen molar-refractivity contribution in [3.8, 4) is 0 Å². The molecule has 2 N–H and O–H groups in total. The number of aromatic nitrogens is 2. The summed E-state index contributed by atoms with van der Waals surface area (Å²) >= 11 is 3.36. The number of urea groups is 1. The fraction of sp³-hybridized carbons (Fsp3) is 0.214. The van der Waals surface area contributed by atoms with Crippen molar-refractivity contribution in [1.82, 2.24) is 15.3 Å². The van der Waals surface area contributed by atoms with Crippen molar-refractivity contribution >= 4 is 27.8 Å². The van der Waals surface area contributed by atoms with E-state index >= 15 is 0 Å². The van der Waals surface area contributed by atoms with E-state index < -0.39 is 0 Å². The second-order valence-electron chi connectivity index (χ2n) is 4.34. The van der Waals surface area contributed by atoms with Gasteiger partial charge >= 0.3 is 6.03 Å². The van der Waals surface area contributed by atoms with Crippen LogP contribution in [0.3, 0.4) is 0 Å². The average Bonchev–Trinajstić information content (AvgIpc) is 2.41. The molecule has 0 saturated heterocycles. The summed E-state index contributed by atoms with van der Waals surface area (Å²) in [5, 5.41) is 5.43. The molecule has 6 heteroatoms. The van der Waals surface area contributed by atoms with Crippen LogP contribution in [0.2, 0.25) is 0 Å². The molecular formula is C14H15BrN4O. The van der Waals surface area contributed by atoms with Crippen molar-refractivity contribution in [2.75, 3.05) is 5.32 Å². The van der Waals surface area contributed by atoms with Gasteiger partial charge in [0.05, 0.1) is 17.9 Å². The number of halogens is 1. The Morgan fingerprint density at radius 1 is 1.20 bits per heavy atom. The first-order valence-electron chi connectivity index (χ1n) is 6.15. The number of pyridine rings is 2. The third-order valence-corrected chi connectivity index (χ3v) is 3.48. The second kappa shape index (κ2) is 6.47. The van der Waals surface area contributed by atoms with E-state index in [1.54, 1.807) is 6.07 Å². The molecule has 0 aliphatic heterocycles. The Labute approximate surface area is 126 Å². The van der Waals surface area contributed by atoms with Crippen LogP contribution in [0.5, 0.6) is 0 Å². The van der Waals surface area contributed by atoms with E-state index in [-0.39, 0.29) is 6.03 Å². The Kier molecular flexibility index (Phi) is 4.68. The monoisotopic (exact) mass is 334 g/mol. The Balaban J connectivity index is 1.91. The predicted molar refractivity (Wildman–Crippen MR) is 81.5 cm³/mol. The van der Waals surface area contributed by atoms with E-state index in [0.29, 0.717) is 12.4 Å². The molecule has 0 aliphatic carbocycles. The zero-order valence-corrected chi connectivity index (χ0v) is 12.9. The number of carbonyl (C=O) groups is 1. The SMILES string of the molecule is Cc1cccc(CNC(=O)Nc2ccc(Br)c(C)n2)n1. The van der Waals surface area contributed by atoms with Crippen molar-refractivity contribution in [3.05, 3.63) is 51.9 Å². The van der Waals surface area contributed by atoms with Crippen LogP contribution >= 0.6 is 15.9 Å². The van der Waals surface area contributed by atoms with Crippen LogP contribution in [0.25, 0.3) is 0 Å². The number of rotatable bonds is 3. The van der Waals surface area contributed by atoms with E-state index in [9.17, 15) is 4.79 Å². The first-order valence-corrected chi connectivity index (χ1v) is 6.94. The Morgan fingerprint density at radius 3 is 2.70 bits per heavy atom. The minimum Gasteiger partial charge on any atom is -0.332 e. The quantitative estimate of drug-likeness (QED) is 0.905. The number of nitrogens with one attached hydrogen (secondary N) is 2. The molecule has 0 unspecified atom stereocenters.